The van der Waals surface area contributed by atoms with Gasteiger partial charge in [-0.25, -0.2) is 0 Å². The van der Waals surface area contributed by atoms with E-state index in [1.54, 1.807) is 24.3 Å². The SMILES string of the molecule is CC(CO)(CO)C(=O)NNc1ccc(OCc2ccccc2)cc1. The number of hydrazine groups is 1. The highest BCUT2D eigenvalue weighted by Crippen LogP contribution is 2.18. The highest BCUT2D eigenvalue weighted by atomic mass is 16.5. The summed E-state index contributed by atoms with van der Waals surface area (Å²) in [6.07, 6.45) is 0. The van der Waals surface area contributed by atoms with Crippen molar-refractivity contribution in [3.63, 3.8) is 0 Å². The second-order valence-corrected chi connectivity index (χ2v) is 5.75. The van der Waals surface area contributed by atoms with Gasteiger partial charge in [0.2, 0.25) is 5.91 Å². The lowest BCUT2D eigenvalue weighted by molar-refractivity contribution is -0.134. The molecule has 0 aliphatic carbocycles. The van der Waals surface area contributed by atoms with Crippen LogP contribution < -0.4 is 15.6 Å². The summed E-state index contributed by atoms with van der Waals surface area (Å²) in [5.74, 6) is 0.225. The summed E-state index contributed by atoms with van der Waals surface area (Å²) < 4.78 is 5.68. The zero-order valence-electron chi connectivity index (χ0n) is 13.5. The average Bonchev–Trinajstić information content (AvgIpc) is 2.65. The molecular formula is C18H22N2O4. The molecule has 0 atom stereocenters. The van der Waals surface area contributed by atoms with Crippen LogP contribution in [0.15, 0.2) is 54.6 Å². The molecule has 0 saturated carbocycles. The third-order valence-corrected chi connectivity index (χ3v) is 3.67. The van der Waals surface area contributed by atoms with Gasteiger partial charge in [-0.2, -0.15) is 0 Å². The Morgan fingerprint density at radius 1 is 1.04 bits per heavy atom. The summed E-state index contributed by atoms with van der Waals surface area (Å²) >= 11 is 0. The molecule has 0 unspecified atom stereocenters. The predicted molar refractivity (Wildman–Crippen MR) is 91.3 cm³/mol. The molecular weight excluding hydrogens is 308 g/mol. The lowest BCUT2D eigenvalue weighted by Crippen LogP contribution is -2.46. The topological polar surface area (TPSA) is 90.8 Å². The minimum atomic E-state index is -1.23. The summed E-state index contributed by atoms with van der Waals surface area (Å²) in [6.45, 7) is 1.08. The van der Waals surface area contributed by atoms with E-state index in [9.17, 15) is 15.0 Å². The van der Waals surface area contributed by atoms with E-state index in [1.165, 1.54) is 6.92 Å². The van der Waals surface area contributed by atoms with Crippen LogP contribution in [0.4, 0.5) is 5.69 Å². The smallest absolute Gasteiger partial charge is 0.248 e. The van der Waals surface area contributed by atoms with Crippen molar-refractivity contribution in [2.45, 2.75) is 13.5 Å². The second kappa shape index (κ2) is 8.33. The predicted octanol–water partition coefficient (Wildman–Crippen LogP) is 1.70. The Bertz CT molecular complexity index is 640. The van der Waals surface area contributed by atoms with Crippen molar-refractivity contribution in [3.05, 3.63) is 60.2 Å². The number of hydrogen-bond donors (Lipinski definition) is 4. The number of nitrogens with one attached hydrogen (secondary N) is 2. The number of ether oxygens (including phenoxy) is 1. The van der Waals surface area contributed by atoms with E-state index in [-0.39, 0.29) is 0 Å². The van der Waals surface area contributed by atoms with E-state index < -0.39 is 24.5 Å². The van der Waals surface area contributed by atoms with Gasteiger partial charge in [0.1, 0.15) is 12.4 Å². The van der Waals surface area contributed by atoms with Gasteiger partial charge in [-0.15, -0.1) is 0 Å². The van der Waals surface area contributed by atoms with Crippen LogP contribution in [0.3, 0.4) is 0 Å². The number of benzene rings is 2. The summed E-state index contributed by atoms with van der Waals surface area (Å²) in [5.41, 5.74) is 5.72. The van der Waals surface area contributed by atoms with Crippen molar-refractivity contribution in [2.24, 2.45) is 5.41 Å². The molecule has 4 N–H and O–H groups in total. The number of aliphatic hydroxyl groups excluding tert-OH is 2. The number of amides is 1. The van der Waals surface area contributed by atoms with Crippen LogP contribution in [0.5, 0.6) is 5.75 Å². The largest absolute Gasteiger partial charge is 0.489 e. The van der Waals surface area contributed by atoms with E-state index in [2.05, 4.69) is 10.9 Å². The first-order valence-corrected chi connectivity index (χ1v) is 7.62. The highest BCUT2D eigenvalue weighted by molar-refractivity contribution is 5.83. The first-order valence-electron chi connectivity index (χ1n) is 7.62. The minimum Gasteiger partial charge on any atom is -0.489 e. The van der Waals surface area contributed by atoms with Gasteiger partial charge < -0.3 is 14.9 Å². The van der Waals surface area contributed by atoms with Crippen molar-refractivity contribution in [2.75, 3.05) is 18.6 Å². The Morgan fingerprint density at radius 2 is 1.67 bits per heavy atom. The molecule has 0 aliphatic rings. The molecule has 2 aromatic carbocycles. The van der Waals surface area contributed by atoms with Gasteiger partial charge >= 0.3 is 0 Å². The van der Waals surface area contributed by atoms with Crippen LogP contribution in [-0.2, 0) is 11.4 Å². The molecule has 24 heavy (non-hydrogen) atoms. The number of anilines is 1. The fraction of sp³-hybridized carbons (Fsp3) is 0.278. The van der Waals surface area contributed by atoms with Gasteiger partial charge in [0.15, 0.2) is 0 Å². The van der Waals surface area contributed by atoms with Crippen LogP contribution in [0, 0.1) is 5.41 Å². The van der Waals surface area contributed by atoms with E-state index in [0.29, 0.717) is 18.0 Å². The van der Waals surface area contributed by atoms with Crippen molar-refractivity contribution in [3.8, 4) is 5.75 Å². The molecule has 6 heteroatoms. The highest BCUT2D eigenvalue weighted by Gasteiger charge is 2.31. The molecule has 128 valence electrons. The maximum Gasteiger partial charge on any atom is 0.248 e. The fourth-order valence-corrected chi connectivity index (χ4v) is 1.85. The number of rotatable bonds is 8. The van der Waals surface area contributed by atoms with E-state index in [4.69, 9.17) is 4.74 Å². The fourth-order valence-electron chi connectivity index (χ4n) is 1.85. The van der Waals surface area contributed by atoms with Crippen molar-refractivity contribution in [1.82, 2.24) is 5.43 Å². The van der Waals surface area contributed by atoms with Crippen LogP contribution in [-0.4, -0.2) is 29.3 Å². The normalized spacial score (nSPS) is 11.0. The third kappa shape index (κ3) is 4.71. The number of carbonyl (C=O) groups is 1. The molecule has 0 aliphatic heterocycles. The Balaban J connectivity index is 1.85. The maximum atomic E-state index is 11.9. The van der Waals surface area contributed by atoms with E-state index >= 15 is 0 Å². The number of aliphatic hydroxyl groups is 2. The Morgan fingerprint density at radius 3 is 2.25 bits per heavy atom. The molecule has 2 aromatic rings. The van der Waals surface area contributed by atoms with Gasteiger partial charge in [-0.3, -0.25) is 15.6 Å². The lowest BCUT2D eigenvalue weighted by atomic mass is 9.92. The molecule has 0 saturated heterocycles. The van der Waals surface area contributed by atoms with Crippen LogP contribution >= 0.6 is 0 Å². The molecule has 0 radical (unpaired) electrons. The molecule has 6 nitrogen and oxygen atoms in total. The van der Waals surface area contributed by atoms with Crippen LogP contribution in [0.2, 0.25) is 0 Å². The summed E-state index contributed by atoms with van der Waals surface area (Å²) in [4.78, 5) is 11.9. The summed E-state index contributed by atoms with van der Waals surface area (Å²) in [5, 5.41) is 18.4. The van der Waals surface area contributed by atoms with E-state index in [0.717, 1.165) is 5.56 Å². The summed E-state index contributed by atoms with van der Waals surface area (Å²) in [6, 6.07) is 16.9. The van der Waals surface area contributed by atoms with Gasteiger partial charge in [0.25, 0.3) is 0 Å². The van der Waals surface area contributed by atoms with Crippen molar-refractivity contribution in [1.29, 1.82) is 0 Å². The lowest BCUT2D eigenvalue weighted by Gasteiger charge is -2.23. The minimum absolute atomic E-state index is 0.441. The van der Waals surface area contributed by atoms with Crippen molar-refractivity contribution < 1.29 is 19.7 Å². The van der Waals surface area contributed by atoms with Gasteiger partial charge in [-0.1, -0.05) is 30.3 Å². The summed E-state index contributed by atoms with van der Waals surface area (Å²) in [7, 11) is 0. The Labute approximate surface area is 141 Å². The zero-order chi connectivity index (χ0) is 17.4. The van der Waals surface area contributed by atoms with Gasteiger partial charge in [0, 0.05) is 0 Å². The Hall–Kier alpha value is -2.57. The average molecular weight is 330 g/mol. The van der Waals surface area contributed by atoms with E-state index in [1.807, 2.05) is 30.3 Å². The van der Waals surface area contributed by atoms with Crippen molar-refractivity contribution >= 4 is 11.6 Å². The monoisotopic (exact) mass is 330 g/mol. The Kier molecular flexibility index (Phi) is 6.17. The van der Waals surface area contributed by atoms with Crippen LogP contribution in [0.1, 0.15) is 12.5 Å². The molecule has 2 rings (SSSR count). The molecule has 0 fully saturated rings. The first-order chi connectivity index (χ1) is 11.6. The molecule has 0 bridgehead atoms. The second-order valence-electron chi connectivity index (χ2n) is 5.75. The number of hydrogen-bond acceptors (Lipinski definition) is 5. The molecule has 0 spiro atoms. The molecule has 0 heterocycles. The zero-order valence-corrected chi connectivity index (χ0v) is 13.5. The molecule has 0 aromatic heterocycles. The molecule has 1 amide bonds. The third-order valence-electron chi connectivity index (χ3n) is 3.67. The number of carbonyl (C=O) groups excluding carboxylic acids is 1. The van der Waals surface area contributed by atoms with Gasteiger partial charge in [-0.05, 0) is 36.8 Å². The first kappa shape index (κ1) is 17.8. The standard InChI is InChI=1S/C18H22N2O4/c1-18(12-21,13-22)17(23)20-19-15-7-9-16(10-8-15)24-11-14-5-3-2-4-6-14/h2-10,19,21-22H,11-13H2,1H3,(H,20,23). The van der Waals surface area contributed by atoms with Gasteiger partial charge in [0.05, 0.1) is 24.3 Å². The quantitative estimate of drug-likeness (QED) is 0.553. The van der Waals surface area contributed by atoms with Crippen LogP contribution in [0.25, 0.3) is 0 Å². The maximum absolute atomic E-state index is 11.9.